The summed E-state index contributed by atoms with van der Waals surface area (Å²) >= 11 is 6.03. The zero-order valence-corrected chi connectivity index (χ0v) is 14.1. The number of halogens is 1. The Morgan fingerprint density at radius 3 is 2.65 bits per heavy atom. The Morgan fingerprint density at radius 2 is 2.09 bits per heavy atom. The lowest BCUT2D eigenvalue weighted by Gasteiger charge is -2.42. The van der Waals surface area contributed by atoms with E-state index in [-0.39, 0.29) is 24.7 Å². The van der Waals surface area contributed by atoms with Crippen LogP contribution in [0, 0.1) is 6.92 Å². The Kier molecular flexibility index (Phi) is 5.85. The zero-order valence-electron chi connectivity index (χ0n) is 13.3. The van der Waals surface area contributed by atoms with Crippen LogP contribution in [-0.2, 0) is 4.79 Å². The van der Waals surface area contributed by atoms with Gasteiger partial charge in [-0.2, -0.15) is 0 Å². The number of aryl methyl sites for hydroxylation is 1. The van der Waals surface area contributed by atoms with Crippen LogP contribution in [0.2, 0.25) is 5.02 Å². The fraction of sp³-hybridized carbons (Fsp3) is 0.500. The molecule has 0 unspecified atom stereocenters. The maximum atomic E-state index is 12.0. The van der Waals surface area contributed by atoms with Gasteiger partial charge in [0.2, 0.25) is 0 Å². The first kappa shape index (κ1) is 17.6. The van der Waals surface area contributed by atoms with E-state index >= 15 is 0 Å². The van der Waals surface area contributed by atoms with Crippen molar-refractivity contribution in [3.05, 3.63) is 28.8 Å². The van der Waals surface area contributed by atoms with Crippen molar-refractivity contribution in [3.8, 4) is 0 Å². The van der Waals surface area contributed by atoms with E-state index in [4.69, 9.17) is 16.7 Å². The largest absolute Gasteiger partial charge is 0.480 e. The molecule has 1 saturated carbocycles. The third-order valence-corrected chi connectivity index (χ3v) is 4.55. The van der Waals surface area contributed by atoms with E-state index in [2.05, 4.69) is 10.6 Å². The summed E-state index contributed by atoms with van der Waals surface area (Å²) in [4.78, 5) is 24.7. The number of anilines is 1. The fourth-order valence-electron chi connectivity index (χ4n) is 2.70. The number of rotatable bonds is 6. The van der Waals surface area contributed by atoms with Crippen LogP contribution in [0.1, 0.15) is 25.3 Å². The molecule has 1 aromatic rings. The van der Waals surface area contributed by atoms with Gasteiger partial charge in [0.15, 0.2) is 0 Å². The van der Waals surface area contributed by atoms with Gasteiger partial charge in [-0.05, 0) is 44.0 Å². The number of benzene rings is 1. The average molecular weight is 340 g/mol. The summed E-state index contributed by atoms with van der Waals surface area (Å²) in [5.74, 6) is -0.822. The highest BCUT2D eigenvalue weighted by molar-refractivity contribution is 6.31. The predicted molar refractivity (Wildman–Crippen MR) is 90.0 cm³/mol. The van der Waals surface area contributed by atoms with Gasteiger partial charge in [0, 0.05) is 22.8 Å². The van der Waals surface area contributed by atoms with Gasteiger partial charge in [-0.1, -0.05) is 24.6 Å². The first-order valence-electron chi connectivity index (χ1n) is 7.68. The van der Waals surface area contributed by atoms with E-state index < -0.39 is 5.97 Å². The molecule has 6 nitrogen and oxygen atoms in total. The normalized spacial score (nSPS) is 20.0. The highest BCUT2D eigenvalue weighted by Crippen LogP contribution is 2.26. The van der Waals surface area contributed by atoms with Gasteiger partial charge in [0.1, 0.15) is 0 Å². The molecule has 0 aliphatic heterocycles. The highest BCUT2D eigenvalue weighted by Gasteiger charge is 2.34. The van der Waals surface area contributed by atoms with E-state index in [0.29, 0.717) is 17.3 Å². The van der Waals surface area contributed by atoms with E-state index in [1.165, 1.54) is 0 Å². The van der Waals surface area contributed by atoms with Gasteiger partial charge in [-0.3, -0.25) is 9.69 Å². The minimum absolute atomic E-state index is 0.0436. The van der Waals surface area contributed by atoms with Gasteiger partial charge in [0.05, 0.1) is 6.54 Å². The molecule has 0 spiro atoms. The molecule has 126 valence electrons. The number of carbonyl (C=O) groups is 2. The number of nitrogens with one attached hydrogen (secondary N) is 2. The molecule has 3 N–H and O–H groups in total. The molecule has 0 saturated heterocycles. The summed E-state index contributed by atoms with van der Waals surface area (Å²) in [6, 6.07) is 5.39. The highest BCUT2D eigenvalue weighted by atomic mass is 35.5. The number of carboxylic acids is 1. The lowest BCUT2D eigenvalue weighted by molar-refractivity contribution is -0.139. The van der Waals surface area contributed by atoms with Crippen molar-refractivity contribution in [2.24, 2.45) is 0 Å². The average Bonchev–Trinajstić information content (AvgIpc) is 2.44. The lowest BCUT2D eigenvalue weighted by Crippen LogP contribution is -2.55. The van der Waals surface area contributed by atoms with E-state index in [1.807, 2.05) is 24.8 Å². The standard InChI is InChI=1S/C16H22ClN3O3/c1-3-20(9-15(21)22)13-6-12(7-13)19-16(23)18-11-5-4-10(2)14(17)8-11/h4-5,8,12-13H,3,6-7,9H2,1-2H3,(H,21,22)(H2,18,19,23). The SMILES string of the molecule is CCN(CC(=O)O)C1CC(NC(=O)Nc2ccc(C)c(Cl)c2)C1. The molecule has 2 amide bonds. The Hall–Kier alpha value is -1.79. The molecule has 0 aromatic heterocycles. The molecule has 1 aliphatic rings. The molecule has 23 heavy (non-hydrogen) atoms. The third-order valence-electron chi connectivity index (χ3n) is 4.14. The summed E-state index contributed by atoms with van der Waals surface area (Å²) < 4.78 is 0. The van der Waals surface area contributed by atoms with Crippen LogP contribution in [0.3, 0.4) is 0 Å². The van der Waals surface area contributed by atoms with Crippen LogP contribution in [0.15, 0.2) is 18.2 Å². The summed E-state index contributed by atoms with van der Waals surface area (Å²) in [5, 5.41) is 15.1. The van der Waals surface area contributed by atoms with Crippen LogP contribution in [0.4, 0.5) is 10.5 Å². The Labute approximate surface area is 140 Å². The van der Waals surface area contributed by atoms with Crippen LogP contribution < -0.4 is 10.6 Å². The van der Waals surface area contributed by atoms with Crippen molar-refractivity contribution in [2.75, 3.05) is 18.4 Å². The minimum Gasteiger partial charge on any atom is -0.480 e. The van der Waals surface area contributed by atoms with Crippen LogP contribution in [-0.4, -0.2) is 47.2 Å². The minimum atomic E-state index is -0.822. The van der Waals surface area contributed by atoms with Crippen LogP contribution in [0.25, 0.3) is 0 Å². The van der Waals surface area contributed by atoms with Gasteiger partial charge in [0.25, 0.3) is 0 Å². The van der Waals surface area contributed by atoms with Crippen molar-refractivity contribution >= 4 is 29.3 Å². The molecule has 0 bridgehead atoms. The predicted octanol–water partition coefficient (Wildman–Crippen LogP) is 2.71. The smallest absolute Gasteiger partial charge is 0.319 e. The van der Waals surface area contributed by atoms with E-state index in [1.54, 1.807) is 12.1 Å². The second-order valence-electron chi connectivity index (χ2n) is 5.84. The van der Waals surface area contributed by atoms with Gasteiger partial charge in [-0.25, -0.2) is 4.79 Å². The molecule has 1 aliphatic carbocycles. The summed E-state index contributed by atoms with van der Waals surface area (Å²) in [7, 11) is 0. The van der Waals surface area contributed by atoms with Crippen molar-refractivity contribution in [3.63, 3.8) is 0 Å². The van der Waals surface area contributed by atoms with Gasteiger partial charge >= 0.3 is 12.0 Å². The number of aliphatic carboxylic acids is 1. The number of likely N-dealkylation sites (N-methyl/N-ethyl adjacent to an activating group) is 1. The molecule has 0 radical (unpaired) electrons. The second kappa shape index (κ2) is 7.66. The van der Waals surface area contributed by atoms with Gasteiger partial charge in [-0.15, -0.1) is 0 Å². The number of urea groups is 1. The zero-order chi connectivity index (χ0) is 17.0. The summed E-state index contributed by atoms with van der Waals surface area (Å²) in [6.45, 7) is 4.58. The summed E-state index contributed by atoms with van der Waals surface area (Å²) in [6.07, 6.45) is 1.53. The maximum Gasteiger partial charge on any atom is 0.319 e. The molecule has 0 heterocycles. The van der Waals surface area contributed by atoms with Crippen molar-refractivity contribution in [2.45, 2.75) is 38.8 Å². The number of hydrogen-bond donors (Lipinski definition) is 3. The molecular weight excluding hydrogens is 318 g/mol. The Bertz CT molecular complexity index is 588. The molecule has 1 aromatic carbocycles. The molecule has 2 rings (SSSR count). The monoisotopic (exact) mass is 339 g/mol. The van der Waals surface area contributed by atoms with Crippen molar-refractivity contribution in [1.82, 2.24) is 10.2 Å². The van der Waals surface area contributed by atoms with Gasteiger partial charge < -0.3 is 15.7 Å². The quantitative estimate of drug-likeness (QED) is 0.744. The lowest BCUT2D eigenvalue weighted by atomic mass is 9.85. The molecule has 1 fully saturated rings. The van der Waals surface area contributed by atoms with E-state index in [0.717, 1.165) is 18.4 Å². The van der Waals surface area contributed by atoms with Crippen LogP contribution >= 0.6 is 11.6 Å². The number of hydrogen-bond acceptors (Lipinski definition) is 3. The van der Waals surface area contributed by atoms with E-state index in [9.17, 15) is 9.59 Å². The Morgan fingerprint density at radius 1 is 1.39 bits per heavy atom. The molecule has 7 heteroatoms. The number of carbonyl (C=O) groups excluding carboxylic acids is 1. The molecule has 0 atom stereocenters. The number of nitrogens with zero attached hydrogens (tertiary/aromatic N) is 1. The van der Waals surface area contributed by atoms with Crippen LogP contribution in [0.5, 0.6) is 0 Å². The summed E-state index contributed by atoms with van der Waals surface area (Å²) in [5.41, 5.74) is 1.60. The number of amides is 2. The second-order valence-corrected chi connectivity index (χ2v) is 6.25. The van der Waals surface area contributed by atoms with Crippen molar-refractivity contribution in [1.29, 1.82) is 0 Å². The maximum absolute atomic E-state index is 12.0. The fourth-order valence-corrected chi connectivity index (χ4v) is 2.88. The first-order chi connectivity index (χ1) is 10.9. The first-order valence-corrected chi connectivity index (χ1v) is 8.06. The topological polar surface area (TPSA) is 81.7 Å². The third kappa shape index (κ3) is 4.84. The van der Waals surface area contributed by atoms with Crippen molar-refractivity contribution < 1.29 is 14.7 Å². The number of carboxylic acid groups (broad SMARTS) is 1. The Balaban J connectivity index is 1.77. The molecular formula is C16H22ClN3O3.